The fraction of sp³-hybridized carbons (Fsp3) is 0.714. The molecule has 0 aliphatic carbocycles. The van der Waals surface area contributed by atoms with Crippen LogP contribution in [-0.4, -0.2) is 47.7 Å². The smallest absolute Gasteiger partial charge is 0.317 e. The van der Waals surface area contributed by atoms with E-state index in [9.17, 15) is 9.59 Å². The van der Waals surface area contributed by atoms with Gasteiger partial charge in [-0.2, -0.15) is 0 Å². The standard InChI is InChI=1S/C7H13N3O3/c8-7(13)10-2-1-5(4-10)9-3-6(11)12/h5,9H,1-4H2,(H2,8,13)(H,11,12). The maximum absolute atomic E-state index is 10.7. The summed E-state index contributed by atoms with van der Waals surface area (Å²) >= 11 is 0. The molecular formula is C7H13N3O3. The molecule has 1 atom stereocenters. The van der Waals surface area contributed by atoms with Crippen LogP contribution in [0.3, 0.4) is 0 Å². The summed E-state index contributed by atoms with van der Waals surface area (Å²) in [5, 5.41) is 11.2. The highest BCUT2D eigenvalue weighted by Crippen LogP contribution is 2.07. The van der Waals surface area contributed by atoms with Crippen molar-refractivity contribution < 1.29 is 14.7 Å². The van der Waals surface area contributed by atoms with Crippen LogP contribution in [0.25, 0.3) is 0 Å². The second-order valence-electron chi connectivity index (χ2n) is 3.04. The lowest BCUT2D eigenvalue weighted by molar-refractivity contribution is -0.136. The number of aliphatic carboxylic acids is 1. The Hall–Kier alpha value is -1.30. The van der Waals surface area contributed by atoms with Crippen molar-refractivity contribution in [1.29, 1.82) is 0 Å². The number of nitrogens with zero attached hydrogens (tertiary/aromatic N) is 1. The molecule has 2 amide bonds. The summed E-state index contributed by atoms with van der Waals surface area (Å²) in [6, 6.07) is -0.386. The van der Waals surface area contributed by atoms with E-state index in [0.29, 0.717) is 13.1 Å². The largest absolute Gasteiger partial charge is 0.480 e. The molecule has 74 valence electrons. The molecule has 0 saturated carbocycles. The fourth-order valence-corrected chi connectivity index (χ4v) is 1.36. The van der Waals surface area contributed by atoms with Crippen molar-refractivity contribution in [3.05, 3.63) is 0 Å². The van der Waals surface area contributed by atoms with E-state index in [1.54, 1.807) is 0 Å². The first-order chi connectivity index (χ1) is 6.09. The molecule has 0 aromatic rings. The number of nitrogens with two attached hydrogens (primary N) is 1. The molecule has 0 aromatic carbocycles. The quantitative estimate of drug-likeness (QED) is 0.518. The van der Waals surface area contributed by atoms with Crippen LogP contribution < -0.4 is 11.1 Å². The number of primary amides is 1. The van der Waals surface area contributed by atoms with Crippen LogP contribution in [0.1, 0.15) is 6.42 Å². The maximum Gasteiger partial charge on any atom is 0.317 e. The molecule has 0 spiro atoms. The number of amides is 2. The van der Waals surface area contributed by atoms with E-state index in [4.69, 9.17) is 10.8 Å². The van der Waals surface area contributed by atoms with Crippen LogP contribution in [0.4, 0.5) is 4.79 Å². The van der Waals surface area contributed by atoms with Crippen LogP contribution in [0.15, 0.2) is 0 Å². The van der Waals surface area contributed by atoms with Gasteiger partial charge in [0.25, 0.3) is 0 Å². The molecule has 1 aliphatic rings. The van der Waals surface area contributed by atoms with Gasteiger partial charge in [-0.1, -0.05) is 0 Å². The average molecular weight is 187 g/mol. The molecule has 1 aliphatic heterocycles. The number of rotatable bonds is 3. The molecule has 6 heteroatoms. The molecule has 6 nitrogen and oxygen atoms in total. The lowest BCUT2D eigenvalue weighted by atomic mass is 10.3. The molecule has 1 heterocycles. The van der Waals surface area contributed by atoms with Gasteiger partial charge in [0.15, 0.2) is 0 Å². The predicted octanol–water partition coefficient (Wildman–Crippen LogP) is -1.19. The molecule has 0 aromatic heterocycles. The molecule has 4 N–H and O–H groups in total. The third kappa shape index (κ3) is 2.90. The number of nitrogens with one attached hydrogen (secondary N) is 1. The van der Waals surface area contributed by atoms with Gasteiger partial charge in [0, 0.05) is 19.1 Å². The Labute approximate surface area is 75.7 Å². The first-order valence-electron chi connectivity index (χ1n) is 4.09. The Balaban J connectivity index is 2.25. The van der Waals surface area contributed by atoms with Crippen LogP contribution in [0, 0.1) is 0 Å². The Kier molecular flexibility index (Phi) is 3.07. The van der Waals surface area contributed by atoms with Crippen LogP contribution >= 0.6 is 0 Å². The molecule has 1 rings (SSSR count). The van der Waals surface area contributed by atoms with Crippen molar-refractivity contribution in [2.24, 2.45) is 5.73 Å². The topological polar surface area (TPSA) is 95.7 Å². The lowest BCUT2D eigenvalue weighted by Crippen LogP contribution is -2.39. The van der Waals surface area contributed by atoms with Crippen LogP contribution in [0.5, 0.6) is 0 Å². The van der Waals surface area contributed by atoms with Gasteiger partial charge in [0.2, 0.25) is 0 Å². The number of urea groups is 1. The van der Waals surface area contributed by atoms with Gasteiger partial charge in [-0.25, -0.2) is 4.79 Å². The van der Waals surface area contributed by atoms with E-state index in [1.807, 2.05) is 0 Å². The summed E-state index contributed by atoms with van der Waals surface area (Å²) in [7, 11) is 0. The van der Waals surface area contributed by atoms with E-state index in [1.165, 1.54) is 4.90 Å². The van der Waals surface area contributed by atoms with Crippen LogP contribution in [-0.2, 0) is 4.79 Å². The van der Waals surface area contributed by atoms with Crippen molar-refractivity contribution in [2.75, 3.05) is 19.6 Å². The third-order valence-electron chi connectivity index (χ3n) is 2.04. The molecule has 0 bridgehead atoms. The lowest BCUT2D eigenvalue weighted by Gasteiger charge is -2.13. The zero-order valence-electron chi connectivity index (χ0n) is 7.19. The summed E-state index contributed by atoms with van der Waals surface area (Å²) < 4.78 is 0. The number of carbonyl (C=O) groups is 2. The molecule has 0 radical (unpaired) electrons. The van der Waals surface area contributed by atoms with E-state index in [-0.39, 0.29) is 12.6 Å². The summed E-state index contributed by atoms with van der Waals surface area (Å²) in [5.41, 5.74) is 5.06. The monoisotopic (exact) mass is 187 g/mol. The number of hydrogen-bond acceptors (Lipinski definition) is 3. The Morgan fingerprint density at radius 3 is 2.77 bits per heavy atom. The molecule has 13 heavy (non-hydrogen) atoms. The Morgan fingerprint density at radius 1 is 1.62 bits per heavy atom. The normalized spacial score (nSPS) is 21.8. The van der Waals surface area contributed by atoms with E-state index < -0.39 is 12.0 Å². The van der Waals surface area contributed by atoms with Crippen molar-refractivity contribution in [1.82, 2.24) is 10.2 Å². The summed E-state index contributed by atoms with van der Waals surface area (Å²) in [6.45, 7) is 1.03. The van der Waals surface area contributed by atoms with Gasteiger partial charge < -0.3 is 21.1 Å². The van der Waals surface area contributed by atoms with Crippen molar-refractivity contribution in [3.63, 3.8) is 0 Å². The highest BCUT2D eigenvalue weighted by Gasteiger charge is 2.24. The predicted molar refractivity (Wildman–Crippen MR) is 45.2 cm³/mol. The minimum atomic E-state index is -0.891. The first kappa shape index (κ1) is 9.79. The van der Waals surface area contributed by atoms with Gasteiger partial charge in [-0.05, 0) is 6.42 Å². The SMILES string of the molecule is NC(=O)N1CCC(NCC(=O)O)C1. The number of carbonyl (C=O) groups excluding carboxylic acids is 1. The second kappa shape index (κ2) is 4.08. The van der Waals surface area contributed by atoms with Crippen molar-refractivity contribution in [2.45, 2.75) is 12.5 Å². The highest BCUT2D eigenvalue weighted by molar-refractivity contribution is 5.72. The zero-order valence-corrected chi connectivity index (χ0v) is 7.19. The van der Waals surface area contributed by atoms with E-state index in [2.05, 4.69) is 5.32 Å². The summed E-state index contributed by atoms with van der Waals surface area (Å²) in [6.07, 6.45) is 0.760. The average Bonchev–Trinajstić information content (AvgIpc) is 2.48. The summed E-state index contributed by atoms with van der Waals surface area (Å²) in [5.74, 6) is -0.891. The number of carboxylic acids is 1. The fourth-order valence-electron chi connectivity index (χ4n) is 1.36. The van der Waals surface area contributed by atoms with E-state index >= 15 is 0 Å². The van der Waals surface area contributed by atoms with Crippen molar-refractivity contribution in [3.8, 4) is 0 Å². The van der Waals surface area contributed by atoms with Crippen molar-refractivity contribution >= 4 is 12.0 Å². The van der Waals surface area contributed by atoms with E-state index in [0.717, 1.165) is 6.42 Å². The zero-order chi connectivity index (χ0) is 9.84. The minimum absolute atomic E-state index is 0.0589. The van der Waals surface area contributed by atoms with Gasteiger partial charge in [0.05, 0.1) is 6.54 Å². The van der Waals surface area contributed by atoms with Gasteiger partial charge >= 0.3 is 12.0 Å². The third-order valence-corrected chi connectivity index (χ3v) is 2.04. The van der Waals surface area contributed by atoms with Gasteiger partial charge in [-0.3, -0.25) is 4.79 Å². The number of likely N-dealkylation sites (tertiary alicyclic amines) is 1. The highest BCUT2D eigenvalue weighted by atomic mass is 16.4. The first-order valence-corrected chi connectivity index (χ1v) is 4.09. The molecular weight excluding hydrogens is 174 g/mol. The maximum atomic E-state index is 10.7. The van der Waals surface area contributed by atoms with Gasteiger partial charge in [-0.15, -0.1) is 0 Å². The minimum Gasteiger partial charge on any atom is -0.480 e. The molecule has 1 fully saturated rings. The van der Waals surface area contributed by atoms with Gasteiger partial charge in [0.1, 0.15) is 0 Å². The number of hydrogen-bond donors (Lipinski definition) is 3. The Morgan fingerprint density at radius 2 is 2.31 bits per heavy atom. The molecule has 1 saturated heterocycles. The molecule has 1 unspecified atom stereocenters. The van der Waals surface area contributed by atoms with Crippen LogP contribution in [0.2, 0.25) is 0 Å². The second-order valence-corrected chi connectivity index (χ2v) is 3.04. The summed E-state index contributed by atoms with van der Waals surface area (Å²) in [4.78, 5) is 22.4. The number of carboxylic acid groups (broad SMARTS) is 1. The Bertz CT molecular complexity index is 219.